The molecule has 0 amide bonds. The van der Waals surface area contributed by atoms with E-state index in [1.54, 1.807) is 7.11 Å². The summed E-state index contributed by atoms with van der Waals surface area (Å²) in [6, 6.07) is 7.27. The average molecular weight is 198 g/mol. The second-order valence-electron chi connectivity index (χ2n) is 2.33. The Kier molecular flexibility index (Phi) is 3.64. The summed E-state index contributed by atoms with van der Waals surface area (Å²) in [6.07, 6.45) is 0. The topological polar surface area (TPSA) is 35.5 Å². The van der Waals surface area contributed by atoms with Crippen molar-refractivity contribution in [3.63, 3.8) is 0 Å². The highest BCUT2D eigenvalue weighted by molar-refractivity contribution is 7.95. The molecule has 0 saturated carbocycles. The van der Waals surface area contributed by atoms with Crippen LogP contribution in [0.5, 0.6) is 5.75 Å². The Morgan fingerprint density at radius 2 is 1.92 bits per heavy atom. The third kappa shape index (κ3) is 3.38. The van der Waals surface area contributed by atoms with Crippen LogP contribution in [0.15, 0.2) is 29.2 Å². The highest BCUT2D eigenvalue weighted by atomic mass is 32.2. The minimum atomic E-state index is -0.305. The molecule has 4 heteroatoms. The molecule has 0 unspecified atom stereocenters. The van der Waals surface area contributed by atoms with Crippen molar-refractivity contribution in [2.45, 2.75) is 11.8 Å². The minimum absolute atomic E-state index is 0.305. The van der Waals surface area contributed by atoms with E-state index in [-0.39, 0.29) is 5.97 Å². The summed E-state index contributed by atoms with van der Waals surface area (Å²) < 4.78 is 9.72. The van der Waals surface area contributed by atoms with Crippen molar-refractivity contribution in [1.29, 1.82) is 0 Å². The first kappa shape index (κ1) is 9.92. The third-order valence-corrected chi connectivity index (χ3v) is 2.10. The van der Waals surface area contributed by atoms with Crippen LogP contribution in [-0.2, 0) is 8.98 Å². The molecule has 3 nitrogen and oxygen atoms in total. The van der Waals surface area contributed by atoms with Crippen molar-refractivity contribution in [3.8, 4) is 5.75 Å². The molecule has 0 saturated heterocycles. The fourth-order valence-corrected chi connectivity index (χ4v) is 1.20. The van der Waals surface area contributed by atoms with Gasteiger partial charge >= 0.3 is 5.97 Å². The molecule has 0 bridgehead atoms. The molecule has 1 aromatic rings. The molecule has 1 rings (SSSR count). The Balaban J connectivity index is 2.54. The summed E-state index contributed by atoms with van der Waals surface area (Å²) in [5, 5.41) is 0. The predicted octanol–water partition coefficient (Wildman–Crippen LogP) is 2.27. The number of hydrogen-bond donors (Lipinski definition) is 0. The Hall–Kier alpha value is -1.16. The monoisotopic (exact) mass is 198 g/mol. The number of hydrogen-bond acceptors (Lipinski definition) is 4. The maximum absolute atomic E-state index is 10.5. The fourth-order valence-electron chi connectivity index (χ4n) is 0.738. The molecule has 0 aliphatic rings. The summed E-state index contributed by atoms with van der Waals surface area (Å²) >= 11 is 1.04. The van der Waals surface area contributed by atoms with E-state index in [1.807, 2.05) is 24.3 Å². The van der Waals surface area contributed by atoms with Gasteiger partial charge in [0, 0.05) is 11.8 Å². The van der Waals surface area contributed by atoms with E-state index >= 15 is 0 Å². The molecule has 0 fully saturated rings. The second kappa shape index (κ2) is 4.77. The number of methoxy groups -OCH3 is 1. The van der Waals surface area contributed by atoms with Crippen LogP contribution in [0.25, 0.3) is 0 Å². The van der Waals surface area contributed by atoms with Gasteiger partial charge in [-0.1, -0.05) is 0 Å². The van der Waals surface area contributed by atoms with E-state index in [4.69, 9.17) is 8.92 Å². The van der Waals surface area contributed by atoms with E-state index in [1.165, 1.54) is 6.92 Å². The molecule has 70 valence electrons. The summed E-state index contributed by atoms with van der Waals surface area (Å²) in [4.78, 5) is 11.3. The smallest absolute Gasteiger partial charge is 0.315 e. The lowest BCUT2D eigenvalue weighted by Crippen LogP contribution is -1.89. The first-order valence-electron chi connectivity index (χ1n) is 3.71. The van der Waals surface area contributed by atoms with E-state index < -0.39 is 0 Å². The molecule has 0 aromatic heterocycles. The maximum atomic E-state index is 10.5. The molecule has 0 atom stereocenters. The van der Waals surface area contributed by atoms with Crippen LogP contribution in [0.1, 0.15) is 6.92 Å². The van der Waals surface area contributed by atoms with Crippen LogP contribution in [0, 0.1) is 0 Å². The van der Waals surface area contributed by atoms with Crippen LogP contribution in [0.3, 0.4) is 0 Å². The van der Waals surface area contributed by atoms with Crippen LogP contribution < -0.4 is 4.74 Å². The highest BCUT2D eigenvalue weighted by Gasteiger charge is 1.98. The zero-order valence-corrected chi connectivity index (χ0v) is 8.26. The normalized spacial score (nSPS) is 9.38. The van der Waals surface area contributed by atoms with E-state index in [9.17, 15) is 4.79 Å². The van der Waals surface area contributed by atoms with Crippen LogP contribution in [0.4, 0.5) is 0 Å². The van der Waals surface area contributed by atoms with Gasteiger partial charge in [-0.05, 0) is 24.3 Å². The number of benzene rings is 1. The molecule has 0 radical (unpaired) electrons. The van der Waals surface area contributed by atoms with E-state index in [0.717, 1.165) is 22.7 Å². The van der Waals surface area contributed by atoms with Gasteiger partial charge in [-0.2, -0.15) is 0 Å². The van der Waals surface area contributed by atoms with Gasteiger partial charge in [-0.25, -0.2) is 0 Å². The first-order valence-corrected chi connectivity index (χ1v) is 4.45. The van der Waals surface area contributed by atoms with Crippen LogP contribution >= 0.6 is 12.0 Å². The van der Waals surface area contributed by atoms with E-state index in [2.05, 4.69) is 0 Å². The number of ether oxygens (including phenoxy) is 1. The molecule has 13 heavy (non-hydrogen) atoms. The van der Waals surface area contributed by atoms with Gasteiger partial charge in [0.15, 0.2) is 0 Å². The quantitative estimate of drug-likeness (QED) is 0.698. The van der Waals surface area contributed by atoms with Crippen molar-refractivity contribution in [1.82, 2.24) is 0 Å². The predicted molar refractivity (Wildman–Crippen MR) is 50.6 cm³/mol. The van der Waals surface area contributed by atoms with Gasteiger partial charge in [0.05, 0.1) is 19.2 Å². The minimum Gasteiger partial charge on any atom is -0.497 e. The fraction of sp³-hybridized carbons (Fsp3) is 0.222. The van der Waals surface area contributed by atoms with Crippen LogP contribution in [-0.4, -0.2) is 13.1 Å². The molecule has 0 N–H and O–H groups in total. The molecule has 0 aliphatic carbocycles. The standard InChI is InChI=1S/C9H10O3S/c1-7(10)12-13-9-5-3-8(11-2)4-6-9/h3-6H,1-2H3. The molecule has 0 aliphatic heterocycles. The zero-order valence-electron chi connectivity index (χ0n) is 7.44. The third-order valence-electron chi connectivity index (χ3n) is 1.31. The molecule has 0 heterocycles. The number of carbonyl (C=O) groups is 1. The average Bonchev–Trinajstić information content (AvgIpc) is 2.15. The van der Waals surface area contributed by atoms with Crippen molar-refractivity contribution in [2.75, 3.05) is 7.11 Å². The Labute approximate surface area is 81.2 Å². The van der Waals surface area contributed by atoms with E-state index in [0.29, 0.717) is 0 Å². The lowest BCUT2D eigenvalue weighted by molar-refractivity contribution is -0.130. The molecule has 0 spiro atoms. The molecule has 1 aromatic carbocycles. The largest absolute Gasteiger partial charge is 0.497 e. The van der Waals surface area contributed by atoms with Crippen molar-refractivity contribution < 1.29 is 13.7 Å². The van der Waals surface area contributed by atoms with Gasteiger partial charge in [0.25, 0.3) is 0 Å². The summed E-state index contributed by atoms with van der Waals surface area (Å²) in [5.41, 5.74) is 0. The second-order valence-corrected chi connectivity index (χ2v) is 3.14. The summed E-state index contributed by atoms with van der Waals surface area (Å²) in [7, 11) is 1.61. The van der Waals surface area contributed by atoms with Gasteiger partial charge in [0.2, 0.25) is 0 Å². The highest BCUT2D eigenvalue weighted by Crippen LogP contribution is 2.21. The summed E-state index contributed by atoms with van der Waals surface area (Å²) in [6.45, 7) is 1.37. The van der Waals surface area contributed by atoms with Crippen molar-refractivity contribution in [2.24, 2.45) is 0 Å². The molecular formula is C9H10O3S. The van der Waals surface area contributed by atoms with Gasteiger partial charge in [0.1, 0.15) is 5.75 Å². The first-order chi connectivity index (χ1) is 6.22. The van der Waals surface area contributed by atoms with Crippen molar-refractivity contribution >= 4 is 18.0 Å². The van der Waals surface area contributed by atoms with Gasteiger partial charge in [-0.15, -0.1) is 0 Å². The summed E-state index contributed by atoms with van der Waals surface area (Å²) in [5.74, 6) is 0.480. The van der Waals surface area contributed by atoms with Crippen molar-refractivity contribution in [3.05, 3.63) is 24.3 Å². The Morgan fingerprint density at radius 1 is 1.31 bits per heavy atom. The SMILES string of the molecule is COc1ccc(SOC(C)=O)cc1. The number of carbonyl (C=O) groups excluding carboxylic acids is 1. The lowest BCUT2D eigenvalue weighted by atomic mass is 10.3. The Bertz CT molecular complexity index is 281. The zero-order chi connectivity index (χ0) is 9.68. The number of rotatable bonds is 3. The molecular weight excluding hydrogens is 188 g/mol. The maximum Gasteiger partial charge on any atom is 0.315 e. The lowest BCUT2D eigenvalue weighted by Gasteiger charge is -2.01. The van der Waals surface area contributed by atoms with Gasteiger partial charge in [-0.3, -0.25) is 4.79 Å². The van der Waals surface area contributed by atoms with Gasteiger partial charge < -0.3 is 8.92 Å². The van der Waals surface area contributed by atoms with Crippen LogP contribution in [0.2, 0.25) is 0 Å². The Morgan fingerprint density at radius 3 is 2.38 bits per heavy atom.